The van der Waals surface area contributed by atoms with Gasteiger partial charge in [-0.25, -0.2) is 0 Å². The van der Waals surface area contributed by atoms with Crippen LogP contribution in [0, 0.1) is 5.92 Å². The van der Waals surface area contributed by atoms with Crippen molar-refractivity contribution in [1.82, 2.24) is 4.90 Å². The molecule has 0 spiro atoms. The molecule has 1 saturated carbocycles. The summed E-state index contributed by atoms with van der Waals surface area (Å²) in [5, 5.41) is 11.1. The average Bonchev–Trinajstić information content (AvgIpc) is 3.02. The fraction of sp³-hybridized carbons (Fsp3) is 0.500. The lowest BCUT2D eigenvalue weighted by Crippen LogP contribution is -2.32. The van der Waals surface area contributed by atoms with Crippen LogP contribution >= 0.6 is 15.9 Å². The molecule has 1 amide bonds. The van der Waals surface area contributed by atoms with Crippen LogP contribution in [0.25, 0.3) is 0 Å². The zero-order valence-electron chi connectivity index (χ0n) is 18.2. The molecule has 0 saturated heterocycles. The number of aliphatic hydroxyl groups excluding tert-OH is 1. The Morgan fingerprint density at radius 2 is 1.80 bits per heavy atom. The number of amides is 1. The Morgan fingerprint density at radius 3 is 2.50 bits per heavy atom. The normalized spacial score (nSPS) is 20.4. The minimum absolute atomic E-state index is 0.0553. The van der Waals surface area contributed by atoms with Crippen molar-refractivity contribution in [1.29, 1.82) is 0 Å². The molecule has 3 atom stereocenters. The first-order chi connectivity index (χ1) is 14.5. The lowest BCUT2D eigenvalue weighted by molar-refractivity contribution is 0.0766. The lowest BCUT2D eigenvalue weighted by atomic mass is 9.87. The van der Waals surface area contributed by atoms with Crippen molar-refractivity contribution in [3.8, 4) is 0 Å². The highest BCUT2D eigenvalue weighted by Gasteiger charge is 2.27. The Bertz CT molecular complexity index is 819. The van der Waals surface area contributed by atoms with Gasteiger partial charge in [-0.3, -0.25) is 4.79 Å². The zero-order chi connectivity index (χ0) is 21.5. The SMILES string of the molecule is CCN(CC)C(=O)c1ccc(Br)cc1CC(O)C1CCC[C@H](c2ccccc2)CC1. The second-order valence-corrected chi connectivity index (χ2v) is 9.34. The Balaban J connectivity index is 1.70. The van der Waals surface area contributed by atoms with E-state index in [0.717, 1.165) is 41.3 Å². The number of benzene rings is 2. The molecule has 0 bridgehead atoms. The highest BCUT2D eigenvalue weighted by Crippen LogP contribution is 2.36. The third-order valence-electron chi connectivity index (χ3n) is 6.61. The van der Waals surface area contributed by atoms with E-state index in [-0.39, 0.29) is 11.8 Å². The molecule has 162 valence electrons. The fourth-order valence-corrected chi connectivity index (χ4v) is 5.20. The summed E-state index contributed by atoms with van der Waals surface area (Å²) in [4.78, 5) is 14.8. The van der Waals surface area contributed by atoms with Crippen molar-refractivity contribution in [3.63, 3.8) is 0 Å². The van der Waals surface area contributed by atoms with E-state index < -0.39 is 6.10 Å². The van der Waals surface area contributed by atoms with E-state index in [1.807, 2.05) is 36.9 Å². The molecular formula is C26H34BrNO2. The quantitative estimate of drug-likeness (QED) is 0.488. The molecule has 1 fully saturated rings. The van der Waals surface area contributed by atoms with Crippen LogP contribution in [0.1, 0.15) is 73.4 Å². The summed E-state index contributed by atoms with van der Waals surface area (Å²) in [6.45, 7) is 5.39. The molecule has 2 aromatic rings. The van der Waals surface area contributed by atoms with Crippen molar-refractivity contribution in [2.24, 2.45) is 5.92 Å². The first kappa shape index (κ1) is 23.0. The second-order valence-electron chi connectivity index (χ2n) is 8.43. The van der Waals surface area contributed by atoms with Gasteiger partial charge in [0.15, 0.2) is 0 Å². The van der Waals surface area contributed by atoms with Gasteiger partial charge in [-0.15, -0.1) is 0 Å². The maximum Gasteiger partial charge on any atom is 0.254 e. The highest BCUT2D eigenvalue weighted by atomic mass is 79.9. The molecule has 1 N–H and O–H groups in total. The molecule has 3 rings (SSSR count). The van der Waals surface area contributed by atoms with Gasteiger partial charge in [-0.05, 0) is 87.1 Å². The maximum absolute atomic E-state index is 13.0. The first-order valence-electron chi connectivity index (χ1n) is 11.3. The molecule has 0 aliphatic heterocycles. The molecule has 1 aliphatic rings. The van der Waals surface area contributed by atoms with Crippen LogP contribution in [0.15, 0.2) is 53.0 Å². The predicted molar refractivity (Wildman–Crippen MR) is 127 cm³/mol. The van der Waals surface area contributed by atoms with Gasteiger partial charge in [-0.2, -0.15) is 0 Å². The fourth-order valence-electron chi connectivity index (χ4n) is 4.79. The van der Waals surface area contributed by atoms with Gasteiger partial charge >= 0.3 is 0 Å². The number of aliphatic hydroxyl groups is 1. The molecule has 4 heteroatoms. The molecule has 2 unspecified atom stereocenters. The smallest absolute Gasteiger partial charge is 0.254 e. The van der Waals surface area contributed by atoms with E-state index in [4.69, 9.17) is 0 Å². The number of nitrogens with zero attached hydrogens (tertiary/aromatic N) is 1. The molecule has 3 nitrogen and oxygen atoms in total. The van der Waals surface area contributed by atoms with E-state index >= 15 is 0 Å². The van der Waals surface area contributed by atoms with Gasteiger partial charge in [0.2, 0.25) is 0 Å². The van der Waals surface area contributed by atoms with Gasteiger partial charge in [0.1, 0.15) is 0 Å². The maximum atomic E-state index is 13.0. The largest absolute Gasteiger partial charge is 0.392 e. The Morgan fingerprint density at radius 1 is 1.07 bits per heavy atom. The minimum atomic E-state index is -0.419. The number of carbonyl (C=O) groups is 1. The lowest BCUT2D eigenvalue weighted by Gasteiger charge is -2.24. The third kappa shape index (κ3) is 5.73. The molecule has 0 heterocycles. The minimum Gasteiger partial charge on any atom is -0.392 e. The van der Waals surface area contributed by atoms with E-state index in [2.05, 4.69) is 46.3 Å². The summed E-state index contributed by atoms with van der Waals surface area (Å²) in [6.07, 6.45) is 5.65. The Kier molecular flexibility index (Phi) is 8.52. The molecule has 30 heavy (non-hydrogen) atoms. The highest BCUT2D eigenvalue weighted by molar-refractivity contribution is 9.10. The monoisotopic (exact) mass is 471 g/mol. The van der Waals surface area contributed by atoms with E-state index in [1.54, 1.807) is 0 Å². The van der Waals surface area contributed by atoms with Gasteiger partial charge in [0.25, 0.3) is 5.91 Å². The summed E-state index contributed by atoms with van der Waals surface area (Å²) in [6, 6.07) is 16.6. The number of hydrogen-bond acceptors (Lipinski definition) is 2. The second kappa shape index (κ2) is 11.1. The van der Waals surface area contributed by atoms with Gasteiger partial charge in [-0.1, -0.05) is 52.7 Å². The van der Waals surface area contributed by atoms with E-state index in [1.165, 1.54) is 12.0 Å². The van der Waals surface area contributed by atoms with Crippen LogP contribution in [0.5, 0.6) is 0 Å². The van der Waals surface area contributed by atoms with Crippen LogP contribution in [0.2, 0.25) is 0 Å². The van der Waals surface area contributed by atoms with Crippen molar-refractivity contribution in [2.45, 2.75) is 64.4 Å². The van der Waals surface area contributed by atoms with E-state index in [9.17, 15) is 9.90 Å². The van der Waals surface area contributed by atoms with Crippen molar-refractivity contribution >= 4 is 21.8 Å². The van der Waals surface area contributed by atoms with Crippen LogP contribution in [-0.2, 0) is 6.42 Å². The van der Waals surface area contributed by atoms with Crippen LogP contribution in [0.3, 0.4) is 0 Å². The number of halogens is 1. The molecule has 0 radical (unpaired) electrons. The zero-order valence-corrected chi connectivity index (χ0v) is 19.8. The summed E-state index contributed by atoms with van der Waals surface area (Å²) < 4.78 is 0.950. The van der Waals surface area contributed by atoms with Gasteiger partial charge in [0, 0.05) is 23.1 Å². The van der Waals surface area contributed by atoms with Crippen molar-refractivity contribution < 1.29 is 9.90 Å². The Hall–Kier alpha value is -1.65. The van der Waals surface area contributed by atoms with E-state index in [0.29, 0.717) is 25.4 Å². The summed E-state index contributed by atoms with van der Waals surface area (Å²) >= 11 is 3.54. The summed E-state index contributed by atoms with van der Waals surface area (Å²) in [5.41, 5.74) is 3.08. The number of carbonyl (C=O) groups excluding carboxylic acids is 1. The van der Waals surface area contributed by atoms with Gasteiger partial charge in [0.05, 0.1) is 6.10 Å². The van der Waals surface area contributed by atoms with Gasteiger partial charge < -0.3 is 10.0 Å². The van der Waals surface area contributed by atoms with Crippen LogP contribution in [-0.4, -0.2) is 35.1 Å². The summed E-state index contributed by atoms with van der Waals surface area (Å²) in [5.74, 6) is 0.933. The number of rotatable bonds is 7. The Labute approximate surface area is 189 Å². The van der Waals surface area contributed by atoms with Crippen LogP contribution < -0.4 is 0 Å². The summed E-state index contributed by atoms with van der Waals surface area (Å²) in [7, 11) is 0. The first-order valence-corrected chi connectivity index (χ1v) is 12.1. The number of hydrogen-bond donors (Lipinski definition) is 1. The van der Waals surface area contributed by atoms with Crippen molar-refractivity contribution in [2.75, 3.05) is 13.1 Å². The molecular weight excluding hydrogens is 438 g/mol. The van der Waals surface area contributed by atoms with Crippen molar-refractivity contribution in [3.05, 3.63) is 69.7 Å². The standard InChI is InChI=1S/C26H34BrNO2/c1-3-28(4-2)26(30)24-16-15-23(27)17-22(24)18-25(29)21-12-8-11-20(13-14-21)19-9-6-5-7-10-19/h5-7,9-10,15-17,20-21,25,29H,3-4,8,11-14,18H2,1-2H3/t20-,21?,25?/m0/s1. The van der Waals surface area contributed by atoms with Crippen LogP contribution in [0.4, 0.5) is 0 Å². The third-order valence-corrected chi connectivity index (χ3v) is 7.10. The predicted octanol–water partition coefficient (Wildman–Crippen LogP) is 6.20. The molecule has 1 aliphatic carbocycles. The average molecular weight is 472 g/mol. The molecule has 2 aromatic carbocycles. The topological polar surface area (TPSA) is 40.5 Å². The molecule has 0 aromatic heterocycles.